The van der Waals surface area contributed by atoms with Crippen LogP contribution in [0.5, 0.6) is 0 Å². The molecule has 1 aromatic heterocycles. The third-order valence-corrected chi connectivity index (χ3v) is 12.1. The monoisotopic (exact) mass is 964 g/mol. The van der Waals surface area contributed by atoms with Crippen LogP contribution in [-0.4, -0.2) is 16.4 Å². The van der Waals surface area contributed by atoms with Gasteiger partial charge in [-0.05, 0) is 100 Å². The number of anilines is 1. The molecule has 0 aliphatic carbocycles. The molecule has 0 saturated heterocycles. The highest BCUT2D eigenvalue weighted by Crippen LogP contribution is 2.48. The second kappa shape index (κ2) is 16.2. The van der Waals surface area contributed by atoms with Crippen molar-refractivity contribution in [2.75, 3.05) is 4.90 Å². The van der Waals surface area contributed by atoms with Crippen LogP contribution in [0.3, 0.4) is 0 Å². The number of fused-ring (bicyclic) bond motifs is 4. The Bertz CT molecular complexity index is 3340. The molecule has 0 atom stereocenters. The maximum atomic E-state index is 15.2. The van der Waals surface area contributed by atoms with E-state index in [1.54, 1.807) is 48.5 Å². The number of carbonyl (C=O) groups is 2. The van der Waals surface area contributed by atoms with Gasteiger partial charge in [-0.25, -0.2) is 4.90 Å². The van der Waals surface area contributed by atoms with E-state index >= 15 is 4.79 Å². The fourth-order valence-corrected chi connectivity index (χ4v) is 9.07. The topological polar surface area (TPSA) is 42.3 Å². The van der Waals surface area contributed by atoms with Crippen LogP contribution in [0.1, 0.15) is 43.0 Å². The van der Waals surface area contributed by atoms with E-state index in [4.69, 9.17) is 0 Å². The van der Waals surface area contributed by atoms with Crippen molar-refractivity contribution >= 4 is 39.3 Å². The van der Waals surface area contributed by atoms with Crippen LogP contribution < -0.4 is 4.90 Å². The zero-order valence-corrected chi connectivity index (χ0v) is 35.4. The number of nitrogens with zero attached hydrogens (tertiary/aromatic N) is 2. The number of alkyl halides is 12. The predicted octanol–water partition coefficient (Wildman–Crippen LogP) is 16.3. The Morgan fingerprint density at radius 2 is 0.714 bits per heavy atom. The van der Waals surface area contributed by atoms with Crippen molar-refractivity contribution in [2.45, 2.75) is 24.7 Å². The van der Waals surface area contributed by atoms with E-state index in [-0.39, 0.29) is 67.6 Å². The summed E-state index contributed by atoms with van der Waals surface area (Å²) >= 11 is 0. The number of para-hydroxylation sites is 2. The summed E-state index contributed by atoms with van der Waals surface area (Å²) in [5.41, 5.74) is -6.95. The predicted molar refractivity (Wildman–Crippen MR) is 240 cm³/mol. The number of aromatic nitrogens is 1. The Morgan fingerprint density at radius 1 is 0.329 bits per heavy atom. The molecule has 0 radical (unpaired) electrons. The molecule has 0 unspecified atom stereocenters. The number of benzene rings is 8. The number of imide groups is 1. The van der Waals surface area contributed by atoms with E-state index in [1.165, 1.54) is 59.2 Å². The summed E-state index contributed by atoms with van der Waals surface area (Å²) in [5.74, 6) is -1.78. The molecule has 0 fully saturated rings. The van der Waals surface area contributed by atoms with Crippen molar-refractivity contribution in [3.05, 3.63) is 203 Å². The van der Waals surface area contributed by atoms with E-state index < -0.39 is 69.9 Å². The molecular weight excluding hydrogens is 937 g/mol. The Balaban J connectivity index is 1.29. The molecule has 10 rings (SSSR count). The van der Waals surface area contributed by atoms with Crippen molar-refractivity contribution in [3.8, 4) is 50.2 Å². The average Bonchev–Trinajstić information content (AvgIpc) is 3.81. The van der Waals surface area contributed by atoms with E-state index in [0.717, 1.165) is 16.0 Å². The Hall–Kier alpha value is -8.14. The summed E-state index contributed by atoms with van der Waals surface area (Å²) in [6.45, 7) is 0. The molecule has 1 aliphatic rings. The minimum atomic E-state index is -5.29. The number of rotatable bonds is 6. The van der Waals surface area contributed by atoms with Gasteiger partial charge in [-0.15, -0.1) is 0 Å². The molecule has 2 heterocycles. The van der Waals surface area contributed by atoms with Crippen LogP contribution in [-0.2, 0) is 24.7 Å². The van der Waals surface area contributed by atoms with Crippen LogP contribution in [0.4, 0.5) is 58.4 Å². The number of amides is 2. The lowest BCUT2D eigenvalue weighted by Crippen LogP contribution is -2.29. The quantitative estimate of drug-likeness (QED) is 0.123. The number of carbonyl (C=O) groups excluding carboxylic acids is 2. The molecule has 2 amide bonds. The molecule has 350 valence electrons. The second-order valence-corrected chi connectivity index (χ2v) is 16.5. The summed E-state index contributed by atoms with van der Waals surface area (Å²) in [4.78, 5) is 30.8. The van der Waals surface area contributed by atoms with Gasteiger partial charge in [0.2, 0.25) is 0 Å². The minimum Gasteiger partial charge on any atom is -0.307 e. The molecule has 16 heteroatoms. The molecule has 1 aliphatic heterocycles. The Kier molecular flexibility index (Phi) is 10.6. The first-order chi connectivity index (χ1) is 33.1. The number of halogens is 12. The summed E-state index contributed by atoms with van der Waals surface area (Å²) in [7, 11) is 0. The van der Waals surface area contributed by atoms with E-state index in [1.807, 2.05) is 30.3 Å². The first kappa shape index (κ1) is 45.6. The third-order valence-electron chi connectivity index (χ3n) is 12.1. The molecule has 4 nitrogen and oxygen atoms in total. The Labute approximate surface area is 388 Å². The SMILES string of the molecule is O=C1c2cccc(-n3c4c(-c5cc(C(F)(F)F)cc(C(F)(F)F)c5)cccc4c4cccc(-c5cc(C(F)(F)F)cc(C(F)(F)F)c5)c43)c2C(=O)N1c1cc(-c2ccccc2)cc(-c2ccccc2)c1. The highest BCUT2D eigenvalue weighted by molar-refractivity contribution is 6.36. The van der Waals surface area contributed by atoms with Crippen molar-refractivity contribution in [2.24, 2.45) is 0 Å². The van der Waals surface area contributed by atoms with E-state index in [9.17, 15) is 57.5 Å². The molecule has 0 N–H and O–H groups in total. The lowest BCUT2D eigenvalue weighted by Gasteiger charge is -2.19. The number of hydrogen-bond donors (Lipinski definition) is 0. The van der Waals surface area contributed by atoms with Crippen molar-refractivity contribution in [1.29, 1.82) is 0 Å². The minimum absolute atomic E-state index is 0.0673. The summed E-state index contributed by atoms with van der Waals surface area (Å²) in [6.07, 6.45) is -21.2. The van der Waals surface area contributed by atoms with Crippen LogP contribution in [0.25, 0.3) is 72.0 Å². The zero-order valence-electron chi connectivity index (χ0n) is 35.4. The summed E-state index contributed by atoms with van der Waals surface area (Å²) in [6, 6.07) is 36.7. The van der Waals surface area contributed by atoms with E-state index in [2.05, 4.69) is 0 Å². The zero-order chi connectivity index (χ0) is 49.7. The maximum absolute atomic E-state index is 15.2. The summed E-state index contributed by atoms with van der Waals surface area (Å²) in [5, 5.41) is 0.135. The van der Waals surface area contributed by atoms with E-state index in [0.29, 0.717) is 35.4 Å². The van der Waals surface area contributed by atoms with Gasteiger partial charge in [-0.2, -0.15) is 52.7 Å². The molecule has 0 spiro atoms. The molecule has 8 aromatic carbocycles. The van der Waals surface area contributed by atoms with Gasteiger partial charge in [0.05, 0.1) is 55.8 Å². The van der Waals surface area contributed by atoms with Crippen molar-refractivity contribution in [3.63, 3.8) is 0 Å². The normalized spacial score (nSPS) is 13.5. The maximum Gasteiger partial charge on any atom is 0.416 e. The lowest BCUT2D eigenvalue weighted by molar-refractivity contribution is -0.144. The van der Waals surface area contributed by atoms with Crippen LogP contribution >= 0.6 is 0 Å². The highest BCUT2D eigenvalue weighted by atomic mass is 19.4. The lowest BCUT2D eigenvalue weighted by atomic mass is 9.96. The second-order valence-electron chi connectivity index (χ2n) is 16.5. The average molecular weight is 965 g/mol. The smallest absolute Gasteiger partial charge is 0.307 e. The first-order valence-electron chi connectivity index (χ1n) is 21.0. The first-order valence-corrected chi connectivity index (χ1v) is 21.0. The fourth-order valence-electron chi connectivity index (χ4n) is 9.07. The number of hydrogen-bond acceptors (Lipinski definition) is 2. The Morgan fingerprint density at radius 3 is 1.11 bits per heavy atom. The summed E-state index contributed by atoms with van der Waals surface area (Å²) < 4.78 is 174. The molecule has 0 saturated carbocycles. The van der Waals surface area contributed by atoms with Gasteiger partial charge >= 0.3 is 24.7 Å². The van der Waals surface area contributed by atoms with Crippen LogP contribution in [0.2, 0.25) is 0 Å². The van der Waals surface area contributed by atoms with Gasteiger partial charge in [0.1, 0.15) is 0 Å². The highest BCUT2D eigenvalue weighted by Gasteiger charge is 2.42. The van der Waals surface area contributed by atoms with Crippen molar-refractivity contribution in [1.82, 2.24) is 4.57 Å². The largest absolute Gasteiger partial charge is 0.416 e. The molecule has 70 heavy (non-hydrogen) atoms. The third kappa shape index (κ3) is 7.92. The molecule has 9 aromatic rings. The van der Waals surface area contributed by atoms with Crippen LogP contribution in [0.15, 0.2) is 170 Å². The van der Waals surface area contributed by atoms with Gasteiger partial charge in [0.15, 0.2) is 0 Å². The van der Waals surface area contributed by atoms with Gasteiger partial charge < -0.3 is 4.57 Å². The van der Waals surface area contributed by atoms with Crippen molar-refractivity contribution < 1.29 is 62.3 Å². The van der Waals surface area contributed by atoms with Gasteiger partial charge in [0, 0.05) is 21.9 Å². The molecule has 0 bridgehead atoms. The van der Waals surface area contributed by atoms with Gasteiger partial charge in [0.25, 0.3) is 11.8 Å². The van der Waals surface area contributed by atoms with Gasteiger partial charge in [-0.3, -0.25) is 9.59 Å². The molecular formula is C54H28F12N2O2. The van der Waals surface area contributed by atoms with Crippen LogP contribution in [0, 0.1) is 0 Å². The fraction of sp³-hybridized carbons (Fsp3) is 0.0741. The standard InChI is InChI=1S/C54H28F12N2O2/c55-51(56,57)35-21-33(22-36(27-35)52(58,59)60)40-14-7-16-42-43-17-8-15-41(34-23-37(53(61,62)63)28-38(24-34)54(64,65)66)48(43)68(47(40)42)45-19-9-18-44-46(45)50(70)67(49(44)69)39-25-31(29-10-3-1-4-11-29)20-32(26-39)30-12-5-2-6-13-30/h1-28H. The van der Waals surface area contributed by atoms with Gasteiger partial charge in [-0.1, -0.05) is 103 Å².